The van der Waals surface area contributed by atoms with E-state index in [0.29, 0.717) is 4.88 Å². The summed E-state index contributed by atoms with van der Waals surface area (Å²) >= 11 is 2.83. The normalized spacial score (nSPS) is 11.2. The zero-order valence-corrected chi connectivity index (χ0v) is 16.7. The number of carbonyl (C=O) groups excluding carboxylic acids is 2. The average Bonchev–Trinajstić information content (AvgIpc) is 3.31. The van der Waals surface area contributed by atoms with Crippen molar-refractivity contribution in [3.8, 4) is 16.0 Å². The summed E-state index contributed by atoms with van der Waals surface area (Å²) in [6.07, 6.45) is 0. The van der Waals surface area contributed by atoms with Crippen LogP contribution in [0.2, 0.25) is 0 Å². The summed E-state index contributed by atoms with van der Waals surface area (Å²) in [6.45, 7) is 2.83. The molecule has 6 nitrogen and oxygen atoms in total. The first-order chi connectivity index (χ1) is 12.8. The topological polar surface area (TPSA) is 83.3 Å². The number of esters is 1. The van der Waals surface area contributed by atoms with Crippen molar-refractivity contribution >= 4 is 44.8 Å². The van der Waals surface area contributed by atoms with Crippen molar-refractivity contribution in [2.24, 2.45) is 0 Å². The minimum Gasteiger partial charge on any atom is -0.451 e. The van der Waals surface area contributed by atoms with Gasteiger partial charge in [0.15, 0.2) is 6.61 Å². The molecule has 0 N–H and O–H groups in total. The molecular formula is C19H17N3O3S2. The highest BCUT2D eigenvalue weighted by Crippen LogP contribution is 2.34. The Bertz CT molecular complexity index is 1010. The third kappa shape index (κ3) is 3.99. The van der Waals surface area contributed by atoms with Gasteiger partial charge in [0.2, 0.25) is 0 Å². The number of aromatic nitrogens is 1. The van der Waals surface area contributed by atoms with E-state index in [1.165, 1.54) is 23.3 Å². The van der Waals surface area contributed by atoms with E-state index in [9.17, 15) is 9.59 Å². The minimum atomic E-state index is -0.966. The maximum Gasteiger partial charge on any atom is 0.348 e. The van der Waals surface area contributed by atoms with Crippen molar-refractivity contribution in [2.75, 3.05) is 13.7 Å². The number of fused-ring (bicyclic) bond motifs is 1. The molecule has 0 bridgehead atoms. The summed E-state index contributed by atoms with van der Waals surface area (Å²) in [4.78, 5) is 31.5. The highest BCUT2D eigenvalue weighted by molar-refractivity contribution is 7.26. The fraction of sp³-hybridized carbons (Fsp3) is 0.263. The Morgan fingerprint density at radius 2 is 1.96 bits per heavy atom. The summed E-state index contributed by atoms with van der Waals surface area (Å²) in [5.74, 6) is -0.998. The van der Waals surface area contributed by atoms with E-state index in [1.54, 1.807) is 31.3 Å². The molecule has 0 radical (unpaired) electrons. The van der Waals surface area contributed by atoms with Gasteiger partial charge in [0.25, 0.3) is 5.91 Å². The van der Waals surface area contributed by atoms with Crippen molar-refractivity contribution in [1.82, 2.24) is 9.88 Å². The maximum atomic E-state index is 12.2. The molecule has 3 aromatic rings. The second-order valence-corrected chi connectivity index (χ2v) is 8.46. The number of thiophene rings is 1. The van der Waals surface area contributed by atoms with Gasteiger partial charge in [-0.05, 0) is 38.1 Å². The van der Waals surface area contributed by atoms with Gasteiger partial charge in [-0.1, -0.05) is 12.1 Å². The molecule has 2 heterocycles. The Balaban J connectivity index is 1.67. The first-order valence-corrected chi connectivity index (χ1v) is 9.76. The number of thiazole rings is 1. The van der Waals surface area contributed by atoms with Crippen LogP contribution < -0.4 is 0 Å². The molecule has 138 valence electrons. The van der Waals surface area contributed by atoms with Crippen LogP contribution in [-0.4, -0.2) is 41.0 Å². The van der Waals surface area contributed by atoms with E-state index in [-0.39, 0.29) is 0 Å². The molecule has 2 aromatic heterocycles. The van der Waals surface area contributed by atoms with Crippen LogP contribution in [0.1, 0.15) is 23.5 Å². The fourth-order valence-corrected chi connectivity index (χ4v) is 4.14. The number of hydrogen-bond acceptors (Lipinski definition) is 7. The molecule has 0 aliphatic rings. The van der Waals surface area contributed by atoms with E-state index in [0.717, 1.165) is 20.1 Å². The van der Waals surface area contributed by atoms with Gasteiger partial charge < -0.3 is 9.64 Å². The minimum absolute atomic E-state index is 0.402. The third-order valence-corrected chi connectivity index (χ3v) is 6.40. The van der Waals surface area contributed by atoms with Crippen molar-refractivity contribution < 1.29 is 14.3 Å². The van der Waals surface area contributed by atoms with Crippen LogP contribution in [0.5, 0.6) is 0 Å². The summed E-state index contributed by atoms with van der Waals surface area (Å²) in [6, 6.07) is 13.4. The summed E-state index contributed by atoms with van der Waals surface area (Å²) in [7, 11) is 1.51. The Morgan fingerprint density at radius 3 is 2.67 bits per heavy atom. The SMILES string of the molecule is CN(C(=O)COC(=O)c1ccc(-c2nc3ccccc3s2)s1)C(C)(C)C#N. The first kappa shape index (κ1) is 19.0. The van der Waals surface area contributed by atoms with Gasteiger partial charge in [0, 0.05) is 7.05 Å². The molecule has 0 atom stereocenters. The lowest BCUT2D eigenvalue weighted by atomic mass is 10.1. The van der Waals surface area contributed by atoms with Crippen LogP contribution in [0.25, 0.3) is 20.1 Å². The molecule has 0 aliphatic carbocycles. The van der Waals surface area contributed by atoms with Crippen LogP contribution in [0.4, 0.5) is 0 Å². The molecule has 3 rings (SSSR count). The highest BCUT2D eigenvalue weighted by atomic mass is 32.1. The number of benzene rings is 1. The molecule has 0 spiro atoms. The van der Waals surface area contributed by atoms with Crippen LogP contribution in [0.3, 0.4) is 0 Å². The van der Waals surface area contributed by atoms with E-state index < -0.39 is 24.0 Å². The van der Waals surface area contributed by atoms with Crippen molar-refractivity contribution in [2.45, 2.75) is 19.4 Å². The van der Waals surface area contributed by atoms with Gasteiger partial charge in [-0.3, -0.25) is 4.79 Å². The first-order valence-electron chi connectivity index (χ1n) is 8.12. The fourth-order valence-electron chi connectivity index (χ4n) is 2.22. The summed E-state index contributed by atoms with van der Waals surface area (Å²) < 4.78 is 6.19. The molecule has 1 amide bonds. The second-order valence-electron chi connectivity index (χ2n) is 6.35. The molecule has 0 fully saturated rings. The largest absolute Gasteiger partial charge is 0.451 e. The number of para-hydroxylation sites is 1. The molecule has 0 saturated carbocycles. The number of rotatable bonds is 5. The van der Waals surface area contributed by atoms with Gasteiger partial charge >= 0.3 is 5.97 Å². The number of hydrogen-bond donors (Lipinski definition) is 0. The predicted octanol–water partition coefficient (Wildman–Crippen LogP) is 3.94. The molecule has 8 heteroatoms. The molecule has 1 aromatic carbocycles. The zero-order valence-electron chi connectivity index (χ0n) is 15.1. The van der Waals surface area contributed by atoms with Gasteiger partial charge in [0.05, 0.1) is 21.2 Å². The molecule has 0 aliphatic heterocycles. The monoisotopic (exact) mass is 399 g/mol. The van der Waals surface area contributed by atoms with Crippen molar-refractivity contribution in [3.63, 3.8) is 0 Å². The van der Waals surface area contributed by atoms with Crippen molar-refractivity contribution in [3.05, 3.63) is 41.3 Å². The number of amides is 1. The number of nitriles is 1. The van der Waals surface area contributed by atoms with Gasteiger partial charge in [-0.2, -0.15) is 5.26 Å². The zero-order chi connectivity index (χ0) is 19.6. The molecular weight excluding hydrogens is 382 g/mol. The third-order valence-electron chi connectivity index (χ3n) is 4.12. The standard InChI is InChI=1S/C19H17N3O3S2/c1-19(2,11-20)22(3)16(23)10-25-18(24)15-9-8-14(26-15)17-21-12-6-4-5-7-13(12)27-17/h4-9H,10H2,1-3H3. The molecule has 0 saturated heterocycles. The highest BCUT2D eigenvalue weighted by Gasteiger charge is 2.28. The van der Waals surface area contributed by atoms with Crippen LogP contribution in [0, 0.1) is 11.3 Å². The van der Waals surface area contributed by atoms with E-state index in [1.807, 2.05) is 36.4 Å². The lowest BCUT2D eigenvalue weighted by Gasteiger charge is -2.28. The Morgan fingerprint density at radius 1 is 1.22 bits per heavy atom. The van der Waals surface area contributed by atoms with Gasteiger partial charge in [-0.25, -0.2) is 9.78 Å². The Labute approximate surface area is 164 Å². The molecule has 27 heavy (non-hydrogen) atoms. The maximum absolute atomic E-state index is 12.2. The van der Waals surface area contributed by atoms with E-state index in [4.69, 9.17) is 10.00 Å². The van der Waals surface area contributed by atoms with Crippen LogP contribution in [-0.2, 0) is 9.53 Å². The lowest BCUT2D eigenvalue weighted by molar-refractivity contribution is -0.136. The van der Waals surface area contributed by atoms with Gasteiger partial charge in [0.1, 0.15) is 15.4 Å². The van der Waals surface area contributed by atoms with E-state index >= 15 is 0 Å². The summed E-state index contributed by atoms with van der Waals surface area (Å²) in [5.41, 5.74) is -0.0457. The van der Waals surface area contributed by atoms with E-state index in [2.05, 4.69) is 4.98 Å². The number of ether oxygens (including phenoxy) is 1. The quantitative estimate of drug-likeness (QED) is 0.607. The second kappa shape index (κ2) is 7.47. The Kier molecular flexibility index (Phi) is 5.26. The number of nitrogens with zero attached hydrogens (tertiary/aromatic N) is 3. The number of carbonyl (C=O) groups is 2. The average molecular weight is 399 g/mol. The molecule has 0 unspecified atom stereocenters. The van der Waals surface area contributed by atoms with Gasteiger partial charge in [-0.15, -0.1) is 22.7 Å². The van der Waals surface area contributed by atoms with Crippen molar-refractivity contribution in [1.29, 1.82) is 5.26 Å². The van der Waals surface area contributed by atoms with Crippen LogP contribution in [0.15, 0.2) is 36.4 Å². The smallest absolute Gasteiger partial charge is 0.348 e. The Hall–Kier alpha value is -2.76. The summed E-state index contributed by atoms with van der Waals surface area (Å²) in [5, 5.41) is 9.92. The van der Waals surface area contributed by atoms with Crippen LogP contribution >= 0.6 is 22.7 Å². The predicted molar refractivity (Wildman–Crippen MR) is 106 cm³/mol. The number of likely N-dealkylation sites (N-methyl/N-ethyl adjacent to an activating group) is 1. The lowest BCUT2D eigenvalue weighted by Crippen LogP contribution is -2.45.